The van der Waals surface area contributed by atoms with Crippen molar-refractivity contribution in [3.63, 3.8) is 0 Å². The molecule has 2 aromatic rings. The summed E-state index contributed by atoms with van der Waals surface area (Å²) in [4.78, 5) is 37.3. The minimum Gasteiger partial charge on any atom is -0.333 e. The molecule has 6 nitrogen and oxygen atoms in total. The van der Waals surface area contributed by atoms with Gasteiger partial charge < -0.3 is 9.80 Å². The molecule has 2 saturated heterocycles. The second-order valence-electron chi connectivity index (χ2n) is 6.58. The van der Waals surface area contributed by atoms with E-state index in [0.717, 1.165) is 18.4 Å². The summed E-state index contributed by atoms with van der Waals surface area (Å²) in [6, 6.07) is 7.63. The maximum absolute atomic E-state index is 12.8. The van der Waals surface area contributed by atoms with E-state index in [1.807, 2.05) is 21.9 Å². The van der Waals surface area contributed by atoms with Gasteiger partial charge in [-0.1, -0.05) is 0 Å². The van der Waals surface area contributed by atoms with Crippen LogP contribution >= 0.6 is 0 Å². The lowest BCUT2D eigenvalue weighted by atomic mass is 9.95. The number of rotatable bonds is 3. The first-order valence-electron chi connectivity index (χ1n) is 8.63. The van der Waals surface area contributed by atoms with Gasteiger partial charge in [0.2, 0.25) is 5.91 Å². The molecule has 4 rings (SSSR count). The zero-order valence-electron chi connectivity index (χ0n) is 13.9. The van der Waals surface area contributed by atoms with Crippen LogP contribution in [0, 0.1) is 0 Å². The maximum Gasteiger partial charge on any atom is 0.255 e. The average molecular weight is 336 g/mol. The molecule has 2 amide bonds. The minimum atomic E-state index is 0.0128. The standard InChI is InChI=1S/C19H20N4O2/c24-18-4-3-16-17(23(18)13-14-5-9-20-10-6-14)7-11-22(16)19(25)15-2-1-8-21-12-15/h1-2,5-6,8-10,12,16-17H,3-4,7,11,13H2/t16-,17+/m1/s1. The number of hydrogen-bond acceptors (Lipinski definition) is 4. The Labute approximate surface area is 146 Å². The van der Waals surface area contributed by atoms with E-state index in [1.54, 1.807) is 36.9 Å². The van der Waals surface area contributed by atoms with E-state index in [0.29, 0.717) is 25.1 Å². The van der Waals surface area contributed by atoms with E-state index in [1.165, 1.54) is 0 Å². The molecule has 25 heavy (non-hydrogen) atoms. The molecule has 6 heteroatoms. The van der Waals surface area contributed by atoms with Crippen molar-refractivity contribution in [1.82, 2.24) is 19.8 Å². The number of pyridine rings is 2. The van der Waals surface area contributed by atoms with E-state index >= 15 is 0 Å². The summed E-state index contributed by atoms with van der Waals surface area (Å²) in [6.07, 6.45) is 8.82. The lowest BCUT2D eigenvalue weighted by Crippen LogP contribution is -2.52. The molecule has 0 radical (unpaired) electrons. The molecule has 2 aliphatic heterocycles. The van der Waals surface area contributed by atoms with Gasteiger partial charge in [0, 0.05) is 44.3 Å². The number of carbonyl (C=O) groups excluding carboxylic acids is 2. The van der Waals surface area contributed by atoms with E-state index in [2.05, 4.69) is 9.97 Å². The van der Waals surface area contributed by atoms with Gasteiger partial charge in [0.15, 0.2) is 0 Å². The lowest BCUT2D eigenvalue weighted by molar-refractivity contribution is -0.138. The summed E-state index contributed by atoms with van der Waals surface area (Å²) in [7, 11) is 0. The van der Waals surface area contributed by atoms with Crippen molar-refractivity contribution in [2.75, 3.05) is 6.54 Å². The van der Waals surface area contributed by atoms with Crippen LogP contribution in [0.2, 0.25) is 0 Å². The van der Waals surface area contributed by atoms with Crippen LogP contribution in [0.1, 0.15) is 35.2 Å². The first kappa shape index (κ1) is 15.7. The van der Waals surface area contributed by atoms with Gasteiger partial charge in [-0.15, -0.1) is 0 Å². The molecule has 2 aliphatic rings. The zero-order valence-corrected chi connectivity index (χ0v) is 13.9. The Hall–Kier alpha value is -2.76. The van der Waals surface area contributed by atoms with Crippen LogP contribution in [0.3, 0.4) is 0 Å². The van der Waals surface area contributed by atoms with E-state index in [9.17, 15) is 9.59 Å². The topological polar surface area (TPSA) is 66.4 Å². The van der Waals surface area contributed by atoms with Crippen LogP contribution < -0.4 is 0 Å². The Morgan fingerprint density at radius 2 is 1.92 bits per heavy atom. The molecular weight excluding hydrogens is 316 g/mol. The quantitative estimate of drug-likeness (QED) is 0.858. The number of piperidine rings is 1. The van der Waals surface area contributed by atoms with Gasteiger partial charge in [-0.3, -0.25) is 19.6 Å². The second kappa shape index (κ2) is 6.63. The van der Waals surface area contributed by atoms with Crippen LogP contribution in [-0.4, -0.2) is 50.2 Å². The second-order valence-corrected chi connectivity index (χ2v) is 6.58. The van der Waals surface area contributed by atoms with Gasteiger partial charge in [-0.05, 0) is 42.7 Å². The largest absolute Gasteiger partial charge is 0.333 e. The summed E-state index contributed by atoms with van der Waals surface area (Å²) in [5.74, 6) is 0.188. The Balaban J connectivity index is 1.54. The fourth-order valence-electron chi connectivity index (χ4n) is 3.95. The third-order valence-corrected chi connectivity index (χ3v) is 5.16. The number of aromatic nitrogens is 2. The molecule has 2 aromatic heterocycles. The van der Waals surface area contributed by atoms with Gasteiger partial charge >= 0.3 is 0 Å². The predicted octanol–water partition coefficient (Wildman–Crippen LogP) is 1.88. The number of amides is 2. The molecule has 0 saturated carbocycles. The van der Waals surface area contributed by atoms with Crippen LogP contribution in [0.5, 0.6) is 0 Å². The highest BCUT2D eigenvalue weighted by Crippen LogP contribution is 2.33. The smallest absolute Gasteiger partial charge is 0.255 e. The summed E-state index contributed by atoms with van der Waals surface area (Å²) in [5, 5.41) is 0. The monoisotopic (exact) mass is 336 g/mol. The van der Waals surface area contributed by atoms with Gasteiger partial charge in [0.05, 0.1) is 17.6 Å². The van der Waals surface area contributed by atoms with Crippen molar-refractivity contribution in [2.24, 2.45) is 0 Å². The van der Waals surface area contributed by atoms with Crippen molar-refractivity contribution < 1.29 is 9.59 Å². The minimum absolute atomic E-state index is 0.0128. The van der Waals surface area contributed by atoms with Crippen molar-refractivity contribution in [3.8, 4) is 0 Å². The normalized spacial score (nSPS) is 22.8. The van der Waals surface area contributed by atoms with Crippen molar-refractivity contribution >= 4 is 11.8 Å². The maximum atomic E-state index is 12.8. The molecule has 0 aliphatic carbocycles. The number of likely N-dealkylation sites (tertiary alicyclic amines) is 2. The van der Waals surface area contributed by atoms with Gasteiger partial charge in [0.25, 0.3) is 5.91 Å². The third-order valence-electron chi connectivity index (χ3n) is 5.16. The Morgan fingerprint density at radius 3 is 2.68 bits per heavy atom. The molecule has 2 fully saturated rings. The average Bonchev–Trinajstić information content (AvgIpc) is 3.09. The van der Waals surface area contributed by atoms with Crippen molar-refractivity contribution in [2.45, 2.75) is 37.9 Å². The van der Waals surface area contributed by atoms with Crippen molar-refractivity contribution in [3.05, 3.63) is 60.2 Å². The Kier molecular flexibility index (Phi) is 4.17. The fourth-order valence-corrected chi connectivity index (χ4v) is 3.95. The Bertz CT molecular complexity index is 766. The van der Waals surface area contributed by atoms with E-state index in [4.69, 9.17) is 0 Å². The van der Waals surface area contributed by atoms with E-state index in [-0.39, 0.29) is 23.9 Å². The lowest BCUT2D eigenvalue weighted by Gasteiger charge is -2.39. The highest BCUT2D eigenvalue weighted by Gasteiger charge is 2.44. The van der Waals surface area contributed by atoms with Crippen LogP contribution in [0.25, 0.3) is 0 Å². The summed E-state index contributed by atoms with van der Waals surface area (Å²) in [5.41, 5.74) is 1.68. The molecule has 0 spiro atoms. The molecular formula is C19H20N4O2. The van der Waals surface area contributed by atoms with Crippen LogP contribution in [-0.2, 0) is 11.3 Å². The van der Waals surface area contributed by atoms with Crippen molar-refractivity contribution in [1.29, 1.82) is 0 Å². The predicted molar refractivity (Wildman–Crippen MR) is 91.5 cm³/mol. The van der Waals surface area contributed by atoms with Crippen LogP contribution in [0.4, 0.5) is 0 Å². The molecule has 4 heterocycles. The third kappa shape index (κ3) is 2.99. The first-order chi connectivity index (χ1) is 12.2. The SMILES string of the molecule is O=C(c1cccnc1)N1CC[C@H]2[C@H]1CCC(=O)N2Cc1ccncc1. The van der Waals surface area contributed by atoms with Gasteiger partial charge in [-0.25, -0.2) is 0 Å². The molecule has 0 bridgehead atoms. The molecule has 2 atom stereocenters. The summed E-state index contributed by atoms with van der Waals surface area (Å²) < 4.78 is 0. The molecule has 0 unspecified atom stereocenters. The highest BCUT2D eigenvalue weighted by atomic mass is 16.2. The number of hydrogen-bond donors (Lipinski definition) is 0. The molecule has 128 valence electrons. The fraction of sp³-hybridized carbons (Fsp3) is 0.368. The number of nitrogens with zero attached hydrogens (tertiary/aromatic N) is 4. The van der Waals surface area contributed by atoms with Gasteiger partial charge in [0.1, 0.15) is 0 Å². The Morgan fingerprint density at radius 1 is 1.08 bits per heavy atom. The van der Waals surface area contributed by atoms with E-state index < -0.39 is 0 Å². The number of fused-ring (bicyclic) bond motifs is 1. The summed E-state index contributed by atoms with van der Waals surface area (Å²) >= 11 is 0. The van der Waals surface area contributed by atoms with Crippen LogP contribution in [0.15, 0.2) is 49.1 Å². The van der Waals surface area contributed by atoms with Gasteiger partial charge in [-0.2, -0.15) is 0 Å². The molecule has 0 aromatic carbocycles. The summed E-state index contributed by atoms with van der Waals surface area (Å²) in [6.45, 7) is 1.26. The highest BCUT2D eigenvalue weighted by molar-refractivity contribution is 5.94. The zero-order chi connectivity index (χ0) is 17.2. The molecule has 0 N–H and O–H groups in total. The number of carbonyl (C=O) groups is 2. The first-order valence-corrected chi connectivity index (χ1v) is 8.63.